The molecule has 0 aliphatic rings. The molecule has 6 heteroatoms. The number of halogens is 1. The highest BCUT2D eigenvalue weighted by atomic mass is 79.9. The highest BCUT2D eigenvalue weighted by Crippen LogP contribution is 2.33. The molecule has 0 saturated heterocycles. The second kappa shape index (κ2) is 9.21. The molecule has 0 fully saturated rings. The number of aliphatic carboxylic acids is 1. The van der Waals surface area contributed by atoms with E-state index in [1.54, 1.807) is 26.0 Å². The topological polar surface area (TPSA) is 75.6 Å². The van der Waals surface area contributed by atoms with Gasteiger partial charge < -0.3 is 15.2 Å². The van der Waals surface area contributed by atoms with Crippen LogP contribution in [0.15, 0.2) is 46.9 Å². The van der Waals surface area contributed by atoms with Gasteiger partial charge in [0.1, 0.15) is 5.75 Å². The highest BCUT2D eigenvalue weighted by Gasteiger charge is 2.31. The zero-order valence-corrected chi connectivity index (χ0v) is 20.0. The maximum Gasteiger partial charge on any atom is 0.303 e. The summed E-state index contributed by atoms with van der Waals surface area (Å²) in [7, 11) is 0. The Morgan fingerprint density at radius 2 is 1.67 bits per heavy atom. The average Bonchev–Trinajstić information content (AvgIpc) is 2.62. The molecule has 0 spiro atoms. The van der Waals surface area contributed by atoms with Crippen molar-refractivity contribution in [3.63, 3.8) is 0 Å². The number of rotatable bonds is 7. The second-order valence-electron chi connectivity index (χ2n) is 9.08. The Labute approximate surface area is 187 Å². The van der Waals surface area contributed by atoms with Gasteiger partial charge in [0.25, 0.3) is 5.91 Å². The van der Waals surface area contributed by atoms with Crippen LogP contribution in [0, 0.1) is 0 Å². The first-order chi connectivity index (χ1) is 13.8. The first-order valence-corrected chi connectivity index (χ1v) is 10.7. The van der Waals surface area contributed by atoms with Gasteiger partial charge >= 0.3 is 5.97 Å². The second-order valence-corrected chi connectivity index (χ2v) is 9.94. The molecule has 0 bridgehead atoms. The number of carbonyl (C=O) groups is 2. The summed E-state index contributed by atoms with van der Waals surface area (Å²) in [4.78, 5) is 23.7. The van der Waals surface area contributed by atoms with Crippen LogP contribution in [0.3, 0.4) is 0 Å². The van der Waals surface area contributed by atoms with Gasteiger partial charge in [-0.1, -0.05) is 45.9 Å². The minimum Gasteiger partial charge on any atom is -0.481 e. The fraction of sp³-hybridized carbons (Fsp3) is 0.417. The monoisotopic (exact) mass is 475 g/mol. The molecule has 0 saturated carbocycles. The number of nitrogens with one attached hydrogen (secondary N) is 1. The number of carbonyl (C=O) groups excluding carboxylic acids is 1. The van der Waals surface area contributed by atoms with Gasteiger partial charge in [0.2, 0.25) is 0 Å². The minimum absolute atomic E-state index is 0.0159. The third kappa shape index (κ3) is 6.33. The summed E-state index contributed by atoms with van der Waals surface area (Å²) < 4.78 is 6.81. The predicted molar refractivity (Wildman–Crippen MR) is 123 cm³/mol. The third-order valence-corrected chi connectivity index (χ3v) is 5.55. The van der Waals surface area contributed by atoms with Crippen molar-refractivity contribution in [2.75, 3.05) is 5.32 Å². The normalized spacial score (nSPS) is 12.9. The standard InChI is InChI=1S/C24H30BrNO4/c1-15(13-21(27)28)16-7-10-18(11-8-16)26-22(29)24(5,6)30-20-12-9-17(14-19(20)25)23(2,3)4/h7-12,14-15H,13H2,1-6H3,(H,26,29)(H,27,28). The average molecular weight is 476 g/mol. The fourth-order valence-electron chi connectivity index (χ4n) is 2.93. The van der Waals surface area contributed by atoms with Gasteiger partial charge in [-0.2, -0.15) is 0 Å². The molecule has 1 unspecified atom stereocenters. The third-order valence-electron chi connectivity index (χ3n) is 4.93. The summed E-state index contributed by atoms with van der Waals surface area (Å²) in [6, 6.07) is 13.1. The molecule has 2 N–H and O–H groups in total. The fourth-order valence-corrected chi connectivity index (χ4v) is 3.39. The van der Waals surface area contributed by atoms with Crippen molar-refractivity contribution in [1.29, 1.82) is 0 Å². The van der Waals surface area contributed by atoms with Gasteiger partial charge in [-0.05, 0) is 76.5 Å². The van der Waals surface area contributed by atoms with E-state index < -0.39 is 11.6 Å². The van der Waals surface area contributed by atoms with Crippen molar-refractivity contribution in [2.24, 2.45) is 0 Å². The van der Waals surface area contributed by atoms with Crippen molar-refractivity contribution in [3.8, 4) is 5.75 Å². The Bertz CT molecular complexity index is 914. The lowest BCUT2D eigenvalue weighted by Gasteiger charge is -2.27. The van der Waals surface area contributed by atoms with E-state index in [4.69, 9.17) is 9.84 Å². The lowest BCUT2D eigenvalue weighted by Crippen LogP contribution is -2.42. The number of ether oxygens (including phenoxy) is 1. The Morgan fingerprint density at radius 1 is 1.07 bits per heavy atom. The first-order valence-electron chi connectivity index (χ1n) is 9.92. The van der Waals surface area contributed by atoms with E-state index in [1.807, 2.05) is 37.3 Å². The van der Waals surface area contributed by atoms with Gasteiger partial charge in [-0.15, -0.1) is 0 Å². The predicted octanol–water partition coefficient (Wildman–Crippen LogP) is 6.12. The van der Waals surface area contributed by atoms with Gasteiger partial charge in [0.15, 0.2) is 5.60 Å². The van der Waals surface area contributed by atoms with Crippen LogP contribution in [0.1, 0.15) is 65.0 Å². The van der Waals surface area contributed by atoms with Crippen LogP contribution in [0.2, 0.25) is 0 Å². The summed E-state index contributed by atoms with van der Waals surface area (Å²) in [6.07, 6.45) is 0.0649. The van der Waals surface area contributed by atoms with E-state index in [0.29, 0.717) is 11.4 Å². The molecule has 2 aromatic rings. The molecular formula is C24H30BrNO4. The lowest BCUT2D eigenvalue weighted by atomic mass is 9.87. The van der Waals surface area contributed by atoms with Gasteiger partial charge in [0, 0.05) is 5.69 Å². The highest BCUT2D eigenvalue weighted by molar-refractivity contribution is 9.10. The van der Waals surface area contributed by atoms with Crippen molar-refractivity contribution in [3.05, 3.63) is 58.1 Å². The molecule has 162 valence electrons. The summed E-state index contributed by atoms with van der Waals surface area (Å²) in [5.74, 6) is -0.609. The van der Waals surface area contributed by atoms with Gasteiger partial charge in [-0.25, -0.2) is 0 Å². The van der Waals surface area contributed by atoms with Crippen molar-refractivity contribution in [1.82, 2.24) is 0 Å². The lowest BCUT2D eigenvalue weighted by molar-refractivity contribution is -0.137. The number of carboxylic acid groups (broad SMARTS) is 1. The van der Waals surface area contributed by atoms with E-state index in [2.05, 4.69) is 42.0 Å². The number of amides is 1. The Morgan fingerprint density at radius 3 is 2.17 bits per heavy atom. The molecule has 0 heterocycles. The summed E-state index contributed by atoms with van der Waals surface area (Å²) in [5, 5.41) is 11.8. The molecular weight excluding hydrogens is 446 g/mol. The number of benzene rings is 2. The van der Waals surface area contributed by atoms with Crippen LogP contribution in [0.25, 0.3) is 0 Å². The van der Waals surface area contributed by atoms with Crippen LogP contribution < -0.4 is 10.1 Å². The van der Waals surface area contributed by atoms with E-state index in [1.165, 1.54) is 5.56 Å². The van der Waals surface area contributed by atoms with Crippen LogP contribution >= 0.6 is 15.9 Å². The summed E-state index contributed by atoms with van der Waals surface area (Å²) >= 11 is 3.55. The molecule has 2 aromatic carbocycles. The Hall–Kier alpha value is -2.34. The van der Waals surface area contributed by atoms with E-state index in [-0.39, 0.29) is 23.7 Å². The van der Waals surface area contributed by atoms with E-state index in [0.717, 1.165) is 10.0 Å². The maximum absolute atomic E-state index is 12.8. The number of carboxylic acids is 1. The molecule has 0 aliphatic carbocycles. The van der Waals surface area contributed by atoms with Crippen LogP contribution in [0.4, 0.5) is 5.69 Å². The van der Waals surface area contributed by atoms with Crippen molar-refractivity contribution in [2.45, 2.75) is 64.9 Å². The quantitative estimate of drug-likeness (QED) is 0.505. The molecule has 0 aliphatic heterocycles. The van der Waals surface area contributed by atoms with Gasteiger partial charge in [0.05, 0.1) is 10.9 Å². The molecule has 5 nitrogen and oxygen atoms in total. The molecule has 30 heavy (non-hydrogen) atoms. The SMILES string of the molecule is CC(CC(=O)O)c1ccc(NC(=O)C(C)(C)Oc2ccc(C(C)(C)C)cc2Br)cc1. The van der Waals surface area contributed by atoms with Crippen LogP contribution in [-0.2, 0) is 15.0 Å². The first kappa shape index (κ1) is 23.9. The molecule has 2 rings (SSSR count). The number of anilines is 1. The Kier molecular flexibility index (Phi) is 7.35. The molecule has 1 atom stereocenters. The maximum atomic E-state index is 12.8. The molecule has 1 amide bonds. The molecule has 0 radical (unpaired) electrons. The zero-order valence-electron chi connectivity index (χ0n) is 18.4. The number of hydrogen-bond donors (Lipinski definition) is 2. The zero-order chi connectivity index (χ0) is 22.7. The van der Waals surface area contributed by atoms with Crippen LogP contribution in [-0.4, -0.2) is 22.6 Å². The van der Waals surface area contributed by atoms with Crippen molar-refractivity contribution >= 4 is 33.5 Å². The number of hydrogen-bond acceptors (Lipinski definition) is 3. The smallest absolute Gasteiger partial charge is 0.303 e. The van der Waals surface area contributed by atoms with Crippen LogP contribution in [0.5, 0.6) is 5.75 Å². The largest absolute Gasteiger partial charge is 0.481 e. The van der Waals surface area contributed by atoms with E-state index >= 15 is 0 Å². The Balaban J connectivity index is 2.08. The minimum atomic E-state index is -1.10. The van der Waals surface area contributed by atoms with Gasteiger partial charge in [-0.3, -0.25) is 9.59 Å². The summed E-state index contributed by atoms with van der Waals surface area (Å²) in [5.41, 5.74) is 1.63. The summed E-state index contributed by atoms with van der Waals surface area (Å²) in [6.45, 7) is 11.7. The van der Waals surface area contributed by atoms with E-state index in [9.17, 15) is 9.59 Å². The molecule has 0 aromatic heterocycles. The van der Waals surface area contributed by atoms with Crippen molar-refractivity contribution < 1.29 is 19.4 Å².